The zero-order valence-corrected chi connectivity index (χ0v) is 15.8. The third-order valence-corrected chi connectivity index (χ3v) is 5.89. The van der Waals surface area contributed by atoms with Gasteiger partial charge in [-0.2, -0.15) is 0 Å². The number of hydrogen-bond acceptors (Lipinski definition) is 6. The Morgan fingerprint density at radius 1 is 1.42 bits per heavy atom. The van der Waals surface area contributed by atoms with Gasteiger partial charge in [-0.3, -0.25) is 4.79 Å². The zero-order valence-electron chi connectivity index (χ0n) is 14.2. The van der Waals surface area contributed by atoms with Crippen LogP contribution in [0.2, 0.25) is 0 Å². The highest BCUT2D eigenvalue weighted by molar-refractivity contribution is 8.01. The third-order valence-electron chi connectivity index (χ3n) is 3.74. The van der Waals surface area contributed by atoms with Crippen LogP contribution in [-0.2, 0) is 9.53 Å². The number of rotatable bonds is 5. The van der Waals surface area contributed by atoms with E-state index in [1.807, 2.05) is 43.9 Å². The maximum Gasteiger partial charge on any atom is 0.233 e. The van der Waals surface area contributed by atoms with Crippen LogP contribution in [0.25, 0.3) is 10.2 Å². The summed E-state index contributed by atoms with van der Waals surface area (Å²) in [5.41, 5.74) is 0.951. The van der Waals surface area contributed by atoms with Crippen molar-refractivity contribution in [1.82, 2.24) is 9.88 Å². The van der Waals surface area contributed by atoms with Gasteiger partial charge in [-0.1, -0.05) is 11.8 Å². The number of carbonyl (C=O) groups excluding carboxylic acids is 1. The van der Waals surface area contributed by atoms with Gasteiger partial charge in [0.2, 0.25) is 5.91 Å². The van der Waals surface area contributed by atoms with E-state index in [4.69, 9.17) is 9.47 Å². The van der Waals surface area contributed by atoms with Crippen molar-refractivity contribution in [2.24, 2.45) is 0 Å². The molecule has 1 aromatic heterocycles. The molecule has 1 fully saturated rings. The average molecular weight is 367 g/mol. The molecule has 2 heterocycles. The van der Waals surface area contributed by atoms with Crippen LogP contribution in [-0.4, -0.2) is 53.4 Å². The predicted molar refractivity (Wildman–Crippen MR) is 98.1 cm³/mol. The van der Waals surface area contributed by atoms with Crippen molar-refractivity contribution in [3.63, 3.8) is 0 Å². The highest BCUT2D eigenvalue weighted by atomic mass is 32.2. The van der Waals surface area contributed by atoms with E-state index < -0.39 is 0 Å². The van der Waals surface area contributed by atoms with E-state index in [9.17, 15) is 4.79 Å². The lowest BCUT2D eigenvalue weighted by Crippen LogP contribution is -2.48. The second kappa shape index (κ2) is 7.72. The smallest absolute Gasteiger partial charge is 0.233 e. The van der Waals surface area contributed by atoms with E-state index in [1.165, 1.54) is 11.8 Å². The van der Waals surface area contributed by atoms with Gasteiger partial charge < -0.3 is 14.4 Å². The Kier molecular flexibility index (Phi) is 5.63. The van der Waals surface area contributed by atoms with Crippen molar-refractivity contribution in [2.75, 3.05) is 25.4 Å². The summed E-state index contributed by atoms with van der Waals surface area (Å²) in [6.45, 7) is 7.97. The molecular weight excluding hydrogens is 344 g/mol. The van der Waals surface area contributed by atoms with Gasteiger partial charge in [-0.25, -0.2) is 4.98 Å². The van der Waals surface area contributed by atoms with Crippen molar-refractivity contribution in [2.45, 2.75) is 37.3 Å². The number of nitrogens with zero attached hydrogens (tertiary/aromatic N) is 2. The van der Waals surface area contributed by atoms with E-state index in [1.54, 1.807) is 11.3 Å². The summed E-state index contributed by atoms with van der Waals surface area (Å²) < 4.78 is 13.2. The first kappa shape index (κ1) is 17.5. The number of thioether (sulfide) groups is 1. The molecule has 0 spiro atoms. The fourth-order valence-electron chi connectivity index (χ4n) is 2.80. The maximum absolute atomic E-state index is 12.4. The topological polar surface area (TPSA) is 51.7 Å². The molecule has 5 nitrogen and oxygen atoms in total. The summed E-state index contributed by atoms with van der Waals surface area (Å²) in [5.74, 6) is 1.42. The van der Waals surface area contributed by atoms with E-state index >= 15 is 0 Å². The Labute approximate surface area is 150 Å². The van der Waals surface area contributed by atoms with Crippen LogP contribution in [0.3, 0.4) is 0 Å². The number of benzene rings is 1. The SMILES string of the molecule is CCOc1ccc2nc(SCC(=O)N3C[C@@H](C)O[C@@H](C)C3)sc2c1. The van der Waals surface area contributed by atoms with Crippen LogP contribution in [0.5, 0.6) is 5.75 Å². The van der Waals surface area contributed by atoms with Gasteiger partial charge in [0.25, 0.3) is 0 Å². The Hall–Kier alpha value is -1.31. The fourth-order valence-corrected chi connectivity index (χ4v) is 4.80. The minimum absolute atomic E-state index is 0.0992. The van der Waals surface area contributed by atoms with Crippen molar-refractivity contribution in [1.29, 1.82) is 0 Å². The van der Waals surface area contributed by atoms with Gasteiger partial charge in [-0.15, -0.1) is 11.3 Å². The molecule has 0 N–H and O–H groups in total. The normalized spacial score (nSPS) is 21.2. The molecule has 0 saturated carbocycles. The van der Waals surface area contributed by atoms with Crippen LogP contribution in [0.1, 0.15) is 20.8 Å². The number of fused-ring (bicyclic) bond motifs is 1. The van der Waals surface area contributed by atoms with Crippen LogP contribution in [0.15, 0.2) is 22.5 Å². The molecular formula is C17H22N2O3S2. The van der Waals surface area contributed by atoms with E-state index in [0.29, 0.717) is 25.4 Å². The van der Waals surface area contributed by atoms with Crippen LogP contribution >= 0.6 is 23.1 Å². The second-order valence-electron chi connectivity index (χ2n) is 5.89. The summed E-state index contributed by atoms with van der Waals surface area (Å²) in [6, 6.07) is 5.91. The average Bonchev–Trinajstić information content (AvgIpc) is 2.94. The minimum atomic E-state index is 0.0992. The molecule has 0 aliphatic carbocycles. The van der Waals surface area contributed by atoms with E-state index in [0.717, 1.165) is 20.3 Å². The zero-order chi connectivity index (χ0) is 17.1. The molecule has 1 amide bonds. The number of ether oxygens (including phenoxy) is 2. The summed E-state index contributed by atoms with van der Waals surface area (Å²) in [7, 11) is 0. The van der Waals surface area contributed by atoms with E-state index in [-0.39, 0.29) is 18.1 Å². The summed E-state index contributed by atoms with van der Waals surface area (Å²) in [5, 5.41) is 0. The minimum Gasteiger partial charge on any atom is -0.494 e. The first-order valence-electron chi connectivity index (χ1n) is 8.14. The van der Waals surface area contributed by atoms with Crippen LogP contribution in [0.4, 0.5) is 0 Å². The van der Waals surface area contributed by atoms with Crippen LogP contribution in [0, 0.1) is 0 Å². The maximum atomic E-state index is 12.4. The molecule has 0 bridgehead atoms. The van der Waals surface area contributed by atoms with Gasteiger partial charge in [0.1, 0.15) is 5.75 Å². The highest BCUT2D eigenvalue weighted by Gasteiger charge is 2.25. The quantitative estimate of drug-likeness (QED) is 0.759. The lowest BCUT2D eigenvalue weighted by Gasteiger charge is -2.35. The largest absolute Gasteiger partial charge is 0.494 e. The molecule has 1 aliphatic heterocycles. The molecule has 130 valence electrons. The van der Waals surface area contributed by atoms with Gasteiger partial charge in [0.05, 0.1) is 34.8 Å². The third kappa shape index (κ3) is 4.20. The predicted octanol–water partition coefficient (Wildman–Crippen LogP) is 3.42. The number of hydrogen-bond donors (Lipinski definition) is 0. The lowest BCUT2D eigenvalue weighted by molar-refractivity contribution is -0.140. The molecule has 0 unspecified atom stereocenters. The summed E-state index contributed by atoms with van der Waals surface area (Å²) in [4.78, 5) is 18.9. The van der Waals surface area contributed by atoms with Crippen molar-refractivity contribution >= 4 is 39.2 Å². The molecule has 3 rings (SSSR count). The van der Waals surface area contributed by atoms with Gasteiger partial charge >= 0.3 is 0 Å². The lowest BCUT2D eigenvalue weighted by atomic mass is 10.2. The number of thiazole rings is 1. The van der Waals surface area contributed by atoms with Gasteiger partial charge in [-0.05, 0) is 39.0 Å². The Morgan fingerprint density at radius 2 is 2.17 bits per heavy atom. The number of aromatic nitrogens is 1. The molecule has 24 heavy (non-hydrogen) atoms. The van der Waals surface area contributed by atoms with Crippen molar-refractivity contribution in [3.05, 3.63) is 18.2 Å². The molecule has 2 aromatic rings. The molecule has 1 aromatic carbocycles. The van der Waals surface area contributed by atoms with Crippen LogP contribution < -0.4 is 4.74 Å². The number of amides is 1. The van der Waals surface area contributed by atoms with Gasteiger partial charge in [0, 0.05) is 13.1 Å². The summed E-state index contributed by atoms with van der Waals surface area (Å²) >= 11 is 3.11. The molecule has 2 atom stereocenters. The Bertz CT molecular complexity index is 709. The number of carbonyl (C=O) groups is 1. The monoisotopic (exact) mass is 366 g/mol. The standard InChI is InChI=1S/C17H22N2O3S2/c1-4-21-13-5-6-14-15(7-13)24-17(18-14)23-10-16(20)19-8-11(2)22-12(3)9-19/h5-7,11-12H,4,8-10H2,1-3H3/t11-,12+. The molecule has 7 heteroatoms. The fraction of sp³-hybridized carbons (Fsp3) is 0.529. The Balaban J connectivity index is 1.61. The van der Waals surface area contributed by atoms with Crippen molar-refractivity contribution < 1.29 is 14.3 Å². The number of morpholine rings is 1. The van der Waals surface area contributed by atoms with Gasteiger partial charge in [0.15, 0.2) is 4.34 Å². The first-order chi connectivity index (χ1) is 11.5. The highest BCUT2D eigenvalue weighted by Crippen LogP contribution is 2.32. The molecule has 1 saturated heterocycles. The first-order valence-corrected chi connectivity index (χ1v) is 9.94. The molecule has 1 aliphatic rings. The Morgan fingerprint density at radius 3 is 2.88 bits per heavy atom. The van der Waals surface area contributed by atoms with E-state index in [2.05, 4.69) is 4.98 Å². The molecule has 0 radical (unpaired) electrons. The van der Waals surface area contributed by atoms with Crippen molar-refractivity contribution in [3.8, 4) is 5.75 Å². The second-order valence-corrected chi connectivity index (χ2v) is 8.14. The summed E-state index contributed by atoms with van der Waals surface area (Å²) in [6.07, 6.45) is 0.198.